The van der Waals surface area contributed by atoms with Gasteiger partial charge in [0.25, 0.3) is 5.19 Å². The zero-order chi connectivity index (χ0) is 19.3. The van der Waals surface area contributed by atoms with E-state index in [4.69, 9.17) is 10.5 Å². The van der Waals surface area contributed by atoms with Crippen molar-refractivity contribution in [3.63, 3.8) is 0 Å². The summed E-state index contributed by atoms with van der Waals surface area (Å²) in [4.78, 5) is 19.8. The fraction of sp³-hybridized carbons (Fsp3) is 0.300. The summed E-state index contributed by atoms with van der Waals surface area (Å²) in [5.41, 5.74) is 6.95. The van der Waals surface area contributed by atoms with Crippen molar-refractivity contribution in [2.24, 2.45) is 5.73 Å². The van der Waals surface area contributed by atoms with Gasteiger partial charge in [-0.2, -0.15) is 4.98 Å². The molecule has 6 nitrogen and oxygen atoms in total. The third-order valence-corrected chi connectivity index (χ3v) is 6.40. The van der Waals surface area contributed by atoms with Crippen LogP contribution in [0.1, 0.15) is 12.0 Å². The Hall–Kier alpha value is -2.71. The van der Waals surface area contributed by atoms with Crippen molar-refractivity contribution in [3.8, 4) is 10.9 Å². The molecule has 2 saturated heterocycles. The molecule has 0 aliphatic carbocycles. The van der Waals surface area contributed by atoms with Crippen LogP contribution in [0.25, 0.3) is 10.2 Å². The van der Waals surface area contributed by atoms with Gasteiger partial charge in [0, 0.05) is 31.7 Å². The molecule has 28 heavy (non-hydrogen) atoms. The molecule has 2 aliphatic heterocycles. The smallest absolute Gasteiger partial charge is 0.315 e. The highest BCUT2D eigenvalue weighted by molar-refractivity contribution is 7.20. The molecular weight excluding hydrogens is 379 g/mol. The number of aromatic nitrogens is 1. The number of rotatable bonds is 4. The third kappa shape index (κ3) is 3.08. The van der Waals surface area contributed by atoms with Gasteiger partial charge < -0.3 is 15.4 Å². The summed E-state index contributed by atoms with van der Waals surface area (Å²) in [7, 11) is 0. The first-order valence-corrected chi connectivity index (χ1v) is 10.0. The summed E-state index contributed by atoms with van der Waals surface area (Å²) in [5.74, 6) is 0.333. The Morgan fingerprint density at radius 2 is 2.04 bits per heavy atom. The van der Waals surface area contributed by atoms with E-state index in [1.807, 2.05) is 30.3 Å². The maximum atomic E-state index is 13.8. The fourth-order valence-corrected chi connectivity index (χ4v) is 5.00. The van der Waals surface area contributed by atoms with Crippen LogP contribution in [-0.4, -0.2) is 46.0 Å². The second-order valence-electron chi connectivity index (χ2n) is 7.28. The number of thiazole rings is 1. The van der Waals surface area contributed by atoms with E-state index in [-0.39, 0.29) is 17.9 Å². The molecule has 1 unspecified atom stereocenters. The van der Waals surface area contributed by atoms with Gasteiger partial charge in [0.05, 0.1) is 4.70 Å². The fourth-order valence-electron chi connectivity index (χ4n) is 4.15. The van der Waals surface area contributed by atoms with Crippen LogP contribution in [0.5, 0.6) is 10.9 Å². The summed E-state index contributed by atoms with van der Waals surface area (Å²) in [5, 5.41) is 0.427. The Bertz CT molecular complexity index is 1040. The molecule has 2 N–H and O–H groups in total. The lowest BCUT2D eigenvalue weighted by molar-refractivity contribution is 0.137. The Morgan fingerprint density at radius 3 is 2.71 bits per heavy atom. The predicted octanol–water partition coefficient (Wildman–Crippen LogP) is 3.56. The van der Waals surface area contributed by atoms with Gasteiger partial charge >= 0.3 is 6.03 Å². The number of urea groups is 1. The molecule has 2 aliphatic rings. The van der Waals surface area contributed by atoms with Gasteiger partial charge in [0.2, 0.25) is 0 Å². The summed E-state index contributed by atoms with van der Waals surface area (Å²) < 4.78 is 20.3. The van der Waals surface area contributed by atoms with Crippen molar-refractivity contribution < 1.29 is 13.9 Å². The zero-order valence-electron chi connectivity index (χ0n) is 15.0. The topological polar surface area (TPSA) is 71.7 Å². The first-order valence-electron chi connectivity index (χ1n) is 9.19. The minimum atomic E-state index is -0.339. The number of benzene rings is 2. The number of nitrogens with two attached hydrogens (primary N) is 1. The minimum Gasteiger partial charge on any atom is -0.431 e. The molecule has 2 atom stereocenters. The van der Waals surface area contributed by atoms with E-state index in [2.05, 4.69) is 9.88 Å². The van der Waals surface area contributed by atoms with E-state index >= 15 is 0 Å². The van der Waals surface area contributed by atoms with E-state index in [9.17, 15) is 9.18 Å². The molecule has 0 saturated carbocycles. The standard InChI is InChI=1S/C20H19FN4O2S/c21-16-2-1-3-17-18(16)23-20(28-17)27-15-6-4-12(5-7-15)9-24-10-14-8-13(24)11-25(14)19(22)26/h1-7,13-14H,8-11H2,(H2,22,26)/t13?,14-/m1/s1. The van der Waals surface area contributed by atoms with Crippen LogP contribution >= 0.6 is 11.3 Å². The molecule has 144 valence electrons. The summed E-state index contributed by atoms with van der Waals surface area (Å²) in [6, 6.07) is 13.1. The number of carbonyl (C=O) groups is 1. The number of primary amides is 1. The number of piperazine rings is 1. The van der Waals surface area contributed by atoms with E-state index in [1.54, 1.807) is 11.0 Å². The largest absolute Gasteiger partial charge is 0.431 e. The van der Waals surface area contributed by atoms with Gasteiger partial charge in [0.15, 0.2) is 0 Å². The van der Waals surface area contributed by atoms with Gasteiger partial charge in [-0.05, 0) is 36.2 Å². The van der Waals surface area contributed by atoms with Crippen LogP contribution < -0.4 is 10.5 Å². The number of likely N-dealkylation sites (tertiary alicyclic amines) is 2. The molecule has 3 heterocycles. The number of carbonyl (C=O) groups excluding carboxylic acids is 1. The monoisotopic (exact) mass is 398 g/mol. The number of para-hydroxylation sites is 1. The quantitative estimate of drug-likeness (QED) is 0.729. The Kier molecular flexibility index (Phi) is 4.17. The number of hydrogen-bond acceptors (Lipinski definition) is 5. The number of ether oxygens (including phenoxy) is 1. The van der Waals surface area contributed by atoms with Gasteiger partial charge in [-0.25, -0.2) is 9.18 Å². The molecule has 0 spiro atoms. The van der Waals surface area contributed by atoms with Gasteiger partial charge in [-0.1, -0.05) is 29.5 Å². The predicted molar refractivity (Wildman–Crippen MR) is 105 cm³/mol. The van der Waals surface area contributed by atoms with Crippen molar-refractivity contribution in [3.05, 3.63) is 53.8 Å². The normalized spacial score (nSPS) is 21.5. The third-order valence-electron chi connectivity index (χ3n) is 5.50. The average molecular weight is 398 g/mol. The first kappa shape index (κ1) is 17.4. The highest BCUT2D eigenvalue weighted by atomic mass is 32.1. The van der Waals surface area contributed by atoms with Gasteiger partial charge in [-0.15, -0.1) is 0 Å². The van der Waals surface area contributed by atoms with Crippen molar-refractivity contribution in [2.75, 3.05) is 13.1 Å². The molecule has 2 amide bonds. The lowest BCUT2D eigenvalue weighted by atomic mass is 10.2. The van der Waals surface area contributed by atoms with Crippen molar-refractivity contribution in [1.82, 2.24) is 14.8 Å². The van der Waals surface area contributed by atoms with E-state index < -0.39 is 0 Å². The van der Waals surface area contributed by atoms with Gasteiger partial charge in [-0.3, -0.25) is 4.90 Å². The molecule has 2 fully saturated rings. The molecule has 8 heteroatoms. The molecule has 2 bridgehead atoms. The highest BCUT2D eigenvalue weighted by Gasteiger charge is 2.44. The van der Waals surface area contributed by atoms with E-state index in [0.29, 0.717) is 22.5 Å². The van der Waals surface area contributed by atoms with Crippen LogP contribution in [0, 0.1) is 5.82 Å². The Morgan fingerprint density at radius 1 is 1.21 bits per heavy atom. The van der Waals surface area contributed by atoms with E-state index in [1.165, 1.54) is 23.0 Å². The van der Waals surface area contributed by atoms with Crippen LogP contribution in [0.15, 0.2) is 42.5 Å². The number of halogens is 1. The summed E-state index contributed by atoms with van der Waals surface area (Å²) in [6.07, 6.45) is 0.998. The molecule has 1 aromatic heterocycles. The van der Waals surface area contributed by atoms with Crippen molar-refractivity contribution in [1.29, 1.82) is 0 Å². The SMILES string of the molecule is NC(=O)N1CC2C[C@@H]1CN2Cc1ccc(Oc2nc3c(F)cccc3s2)cc1. The van der Waals surface area contributed by atoms with Crippen molar-refractivity contribution >= 4 is 27.6 Å². The summed E-state index contributed by atoms with van der Waals surface area (Å²) >= 11 is 1.32. The van der Waals surface area contributed by atoms with Gasteiger partial charge in [0.1, 0.15) is 17.1 Å². The number of nitrogens with zero attached hydrogens (tertiary/aromatic N) is 3. The Balaban J connectivity index is 1.24. The molecule has 5 rings (SSSR count). The maximum Gasteiger partial charge on any atom is 0.315 e. The van der Waals surface area contributed by atoms with Crippen LogP contribution in [0.4, 0.5) is 9.18 Å². The maximum absolute atomic E-state index is 13.8. The summed E-state index contributed by atoms with van der Waals surface area (Å²) in [6.45, 7) is 2.42. The van der Waals surface area contributed by atoms with Crippen LogP contribution in [-0.2, 0) is 6.54 Å². The molecule has 3 aromatic rings. The average Bonchev–Trinajstić information content (AvgIpc) is 3.37. The lowest BCUT2D eigenvalue weighted by Crippen LogP contribution is -2.50. The van der Waals surface area contributed by atoms with E-state index in [0.717, 1.165) is 30.8 Å². The number of amides is 2. The zero-order valence-corrected chi connectivity index (χ0v) is 15.9. The molecule has 0 radical (unpaired) electrons. The van der Waals surface area contributed by atoms with Crippen LogP contribution in [0.2, 0.25) is 0 Å². The molecule has 2 aromatic carbocycles. The minimum absolute atomic E-state index is 0.240. The lowest BCUT2D eigenvalue weighted by Gasteiger charge is -2.33. The second-order valence-corrected chi connectivity index (χ2v) is 8.27. The Labute approximate surface area is 165 Å². The second kappa shape index (κ2) is 6.72. The van der Waals surface area contributed by atoms with Crippen LogP contribution in [0.3, 0.4) is 0 Å². The molecular formula is C20H19FN4O2S. The highest BCUT2D eigenvalue weighted by Crippen LogP contribution is 2.34. The number of hydrogen-bond donors (Lipinski definition) is 1. The van der Waals surface area contributed by atoms with Crippen molar-refractivity contribution in [2.45, 2.75) is 25.0 Å². The number of fused-ring (bicyclic) bond motifs is 3. The first-order chi connectivity index (χ1) is 13.6.